The van der Waals surface area contributed by atoms with Crippen LogP contribution >= 0.6 is 0 Å². The lowest BCUT2D eigenvalue weighted by Crippen LogP contribution is -2.46. The summed E-state index contributed by atoms with van der Waals surface area (Å²) in [6.07, 6.45) is 4.62. The van der Waals surface area contributed by atoms with Crippen molar-refractivity contribution in [3.63, 3.8) is 0 Å². The topological polar surface area (TPSA) is 73.0 Å². The maximum atomic E-state index is 13.3. The van der Waals surface area contributed by atoms with Gasteiger partial charge in [0.1, 0.15) is 17.7 Å². The molecule has 23 heavy (non-hydrogen) atoms. The highest BCUT2D eigenvalue weighted by Crippen LogP contribution is 2.28. The molecule has 118 valence electrons. The predicted molar refractivity (Wildman–Crippen MR) is 83.2 cm³/mol. The van der Waals surface area contributed by atoms with E-state index < -0.39 is 5.60 Å². The summed E-state index contributed by atoms with van der Waals surface area (Å²) in [6.45, 7) is 1.29. The Morgan fingerprint density at radius 1 is 1.26 bits per heavy atom. The second-order valence-corrected chi connectivity index (χ2v) is 5.89. The van der Waals surface area contributed by atoms with E-state index in [2.05, 4.69) is 9.97 Å². The smallest absolute Gasteiger partial charge is 0.158 e. The summed E-state index contributed by atoms with van der Waals surface area (Å²) in [5.41, 5.74) is 0.261. The van der Waals surface area contributed by atoms with Crippen molar-refractivity contribution in [2.45, 2.75) is 24.9 Å². The van der Waals surface area contributed by atoms with Crippen LogP contribution in [0.15, 0.2) is 36.7 Å². The molecule has 0 radical (unpaired) electrons. The molecule has 0 bridgehead atoms. The Balaban J connectivity index is 1.63. The van der Waals surface area contributed by atoms with Crippen LogP contribution in [0.25, 0.3) is 0 Å². The number of nitriles is 1. The van der Waals surface area contributed by atoms with Gasteiger partial charge in [0.05, 0.1) is 18.0 Å². The van der Waals surface area contributed by atoms with Crippen molar-refractivity contribution in [1.29, 1.82) is 5.26 Å². The van der Waals surface area contributed by atoms with E-state index in [-0.39, 0.29) is 11.5 Å². The van der Waals surface area contributed by atoms with Crippen molar-refractivity contribution in [2.24, 2.45) is 0 Å². The zero-order valence-electron chi connectivity index (χ0n) is 12.6. The molecule has 2 aromatic rings. The maximum absolute atomic E-state index is 13.3. The van der Waals surface area contributed by atoms with Crippen molar-refractivity contribution in [2.75, 3.05) is 18.0 Å². The molecular weight excluding hydrogens is 295 g/mol. The number of anilines is 1. The van der Waals surface area contributed by atoms with Crippen molar-refractivity contribution < 1.29 is 9.50 Å². The molecule has 5 nitrogen and oxygen atoms in total. The Morgan fingerprint density at radius 2 is 2.04 bits per heavy atom. The third kappa shape index (κ3) is 3.63. The van der Waals surface area contributed by atoms with E-state index in [1.54, 1.807) is 12.3 Å². The normalized spacial score (nSPS) is 16.8. The first-order valence-electron chi connectivity index (χ1n) is 7.52. The van der Waals surface area contributed by atoms with E-state index in [0.29, 0.717) is 38.2 Å². The van der Waals surface area contributed by atoms with Gasteiger partial charge in [0.2, 0.25) is 0 Å². The number of rotatable bonds is 3. The molecular formula is C17H17FN4O. The fourth-order valence-electron chi connectivity index (χ4n) is 2.90. The fraction of sp³-hybridized carbons (Fsp3) is 0.353. The van der Waals surface area contributed by atoms with E-state index in [9.17, 15) is 9.50 Å². The largest absolute Gasteiger partial charge is 0.389 e. The number of hydrogen-bond donors (Lipinski definition) is 1. The van der Waals surface area contributed by atoms with Crippen LogP contribution in [0.1, 0.15) is 24.1 Å². The number of aromatic nitrogens is 2. The minimum Gasteiger partial charge on any atom is -0.389 e. The van der Waals surface area contributed by atoms with Crippen LogP contribution in [0.2, 0.25) is 0 Å². The van der Waals surface area contributed by atoms with Gasteiger partial charge in [-0.3, -0.25) is 0 Å². The highest BCUT2D eigenvalue weighted by Gasteiger charge is 2.33. The van der Waals surface area contributed by atoms with E-state index >= 15 is 0 Å². The van der Waals surface area contributed by atoms with Crippen LogP contribution < -0.4 is 4.90 Å². The Labute approximate surface area is 134 Å². The number of piperidine rings is 1. The molecule has 0 spiro atoms. The average molecular weight is 312 g/mol. The first kappa shape index (κ1) is 15.4. The summed E-state index contributed by atoms with van der Waals surface area (Å²) in [4.78, 5) is 10.3. The third-order valence-electron chi connectivity index (χ3n) is 4.19. The van der Waals surface area contributed by atoms with Crippen LogP contribution in [0, 0.1) is 17.1 Å². The molecule has 0 aliphatic carbocycles. The van der Waals surface area contributed by atoms with Gasteiger partial charge in [-0.25, -0.2) is 14.4 Å². The van der Waals surface area contributed by atoms with E-state index in [1.807, 2.05) is 17.0 Å². The lowest BCUT2D eigenvalue weighted by atomic mass is 9.85. The molecule has 2 heterocycles. The first-order valence-corrected chi connectivity index (χ1v) is 7.52. The Morgan fingerprint density at radius 3 is 2.65 bits per heavy atom. The maximum Gasteiger partial charge on any atom is 0.158 e. The van der Waals surface area contributed by atoms with Gasteiger partial charge in [-0.05, 0) is 30.5 Å². The van der Waals surface area contributed by atoms with Gasteiger partial charge in [0.25, 0.3) is 0 Å². The SMILES string of the molecule is N#Cc1cnc(N2CCC(O)(Cc3cccc(F)c3)CC2)cn1. The predicted octanol–water partition coefficient (Wildman–Crippen LogP) is 2.06. The van der Waals surface area contributed by atoms with Gasteiger partial charge in [0.15, 0.2) is 5.69 Å². The zero-order valence-corrected chi connectivity index (χ0v) is 12.6. The zero-order chi connectivity index (χ0) is 16.3. The summed E-state index contributed by atoms with van der Waals surface area (Å²) < 4.78 is 13.3. The highest BCUT2D eigenvalue weighted by atomic mass is 19.1. The van der Waals surface area contributed by atoms with Gasteiger partial charge < -0.3 is 10.0 Å². The number of nitrogens with zero attached hydrogens (tertiary/aromatic N) is 4. The van der Waals surface area contributed by atoms with Gasteiger partial charge in [-0.2, -0.15) is 5.26 Å². The summed E-state index contributed by atoms with van der Waals surface area (Å²) in [7, 11) is 0. The molecule has 0 unspecified atom stereocenters. The Hall–Kier alpha value is -2.52. The summed E-state index contributed by atoms with van der Waals surface area (Å²) >= 11 is 0. The van der Waals surface area contributed by atoms with E-state index in [0.717, 1.165) is 5.56 Å². The number of halogens is 1. The molecule has 1 aromatic heterocycles. The van der Waals surface area contributed by atoms with Crippen LogP contribution in [0.4, 0.5) is 10.2 Å². The Bertz CT molecular complexity index is 718. The first-order chi connectivity index (χ1) is 11.1. The van der Waals surface area contributed by atoms with Crippen molar-refractivity contribution in [3.8, 4) is 6.07 Å². The molecule has 1 N–H and O–H groups in total. The van der Waals surface area contributed by atoms with Gasteiger partial charge >= 0.3 is 0 Å². The number of aliphatic hydroxyl groups is 1. The second-order valence-electron chi connectivity index (χ2n) is 5.89. The standard InChI is InChI=1S/C17H17FN4O/c18-14-3-1-2-13(8-14)9-17(23)4-6-22(7-5-17)16-12-20-15(10-19)11-21-16/h1-3,8,11-12,23H,4-7,9H2. The molecule has 1 fully saturated rings. The molecule has 1 saturated heterocycles. The van der Waals surface area contributed by atoms with Crippen LogP contribution in [0.5, 0.6) is 0 Å². The summed E-state index contributed by atoms with van der Waals surface area (Å²) in [5.74, 6) is 0.424. The molecule has 6 heteroatoms. The number of hydrogen-bond acceptors (Lipinski definition) is 5. The highest BCUT2D eigenvalue weighted by molar-refractivity contribution is 5.38. The summed E-state index contributed by atoms with van der Waals surface area (Å²) in [5, 5.41) is 19.5. The van der Waals surface area contributed by atoms with Crippen molar-refractivity contribution in [3.05, 3.63) is 53.7 Å². The molecule has 3 rings (SSSR count). The van der Waals surface area contributed by atoms with Crippen molar-refractivity contribution in [1.82, 2.24) is 9.97 Å². The monoisotopic (exact) mass is 312 g/mol. The van der Waals surface area contributed by atoms with Gasteiger partial charge in [-0.1, -0.05) is 12.1 Å². The molecule has 0 amide bonds. The van der Waals surface area contributed by atoms with Crippen LogP contribution in [-0.4, -0.2) is 33.8 Å². The van der Waals surface area contributed by atoms with Crippen LogP contribution in [-0.2, 0) is 6.42 Å². The number of benzene rings is 1. The lowest BCUT2D eigenvalue weighted by molar-refractivity contribution is 0.0164. The summed E-state index contributed by atoms with van der Waals surface area (Å²) in [6, 6.07) is 8.31. The third-order valence-corrected chi connectivity index (χ3v) is 4.19. The van der Waals surface area contributed by atoms with Crippen LogP contribution in [0.3, 0.4) is 0 Å². The molecule has 1 aliphatic rings. The molecule has 0 atom stereocenters. The van der Waals surface area contributed by atoms with E-state index in [1.165, 1.54) is 18.3 Å². The second kappa shape index (κ2) is 6.31. The molecule has 1 aliphatic heterocycles. The average Bonchev–Trinajstić information content (AvgIpc) is 2.55. The van der Waals surface area contributed by atoms with E-state index in [4.69, 9.17) is 5.26 Å². The minimum absolute atomic E-state index is 0.281. The minimum atomic E-state index is -0.829. The van der Waals surface area contributed by atoms with Crippen molar-refractivity contribution >= 4 is 5.82 Å². The van der Waals surface area contributed by atoms with Gasteiger partial charge in [0, 0.05) is 19.5 Å². The lowest BCUT2D eigenvalue weighted by Gasteiger charge is -2.38. The van der Waals surface area contributed by atoms with Gasteiger partial charge in [-0.15, -0.1) is 0 Å². The fourth-order valence-corrected chi connectivity index (χ4v) is 2.90. The molecule has 1 aromatic carbocycles. The quantitative estimate of drug-likeness (QED) is 0.939. The Kier molecular flexibility index (Phi) is 4.22. The molecule has 0 saturated carbocycles.